The number of halogens is 1. The Bertz CT molecular complexity index is 677. The summed E-state index contributed by atoms with van der Waals surface area (Å²) in [7, 11) is 0. The van der Waals surface area contributed by atoms with Crippen LogP contribution in [0.15, 0.2) is 29.6 Å². The fraction of sp³-hybridized carbons (Fsp3) is 0.412. The number of hydrogen-bond acceptors (Lipinski definition) is 3. The lowest BCUT2D eigenvalue weighted by Crippen LogP contribution is -2.39. The number of amides is 1. The van der Waals surface area contributed by atoms with Gasteiger partial charge in [-0.15, -0.1) is 11.3 Å². The highest BCUT2D eigenvalue weighted by Gasteiger charge is 2.34. The molecular formula is C17H19ClN2OS. The van der Waals surface area contributed by atoms with E-state index in [1.54, 1.807) is 0 Å². The molecule has 1 aliphatic rings. The summed E-state index contributed by atoms with van der Waals surface area (Å²) >= 11 is 7.74. The van der Waals surface area contributed by atoms with Crippen molar-refractivity contribution in [1.29, 1.82) is 0 Å². The van der Waals surface area contributed by atoms with Gasteiger partial charge in [0, 0.05) is 23.0 Å². The van der Waals surface area contributed by atoms with Crippen molar-refractivity contribution < 1.29 is 4.79 Å². The summed E-state index contributed by atoms with van der Waals surface area (Å²) < 4.78 is 0. The van der Waals surface area contributed by atoms with Crippen LogP contribution in [0.4, 0.5) is 0 Å². The van der Waals surface area contributed by atoms with E-state index in [9.17, 15) is 4.79 Å². The molecule has 0 saturated heterocycles. The summed E-state index contributed by atoms with van der Waals surface area (Å²) in [6.07, 6.45) is 2.63. The Hall–Kier alpha value is -1.39. The standard InChI is InChI=1S/C17H19ClN2OS/c1-11(2)20(13-7-8-13)16(21)9-12-10-22-17(19-12)14-5-3-4-6-15(14)18/h3-6,10-11,13H,7-9H2,1-2H3. The van der Waals surface area contributed by atoms with Crippen molar-refractivity contribution in [2.24, 2.45) is 0 Å². The first-order valence-electron chi connectivity index (χ1n) is 7.56. The predicted molar refractivity (Wildman–Crippen MR) is 91.3 cm³/mol. The highest BCUT2D eigenvalue weighted by Crippen LogP contribution is 2.31. The normalized spacial score (nSPS) is 14.4. The lowest BCUT2D eigenvalue weighted by Gasteiger charge is -2.26. The quantitative estimate of drug-likeness (QED) is 0.811. The summed E-state index contributed by atoms with van der Waals surface area (Å²) in [5.74, 6) is 0.175. The first-order chi connectivity index (χ1) is 10.6. The molecule has 1 saturated carbocycles. The van der Waals surface area contributed by atoms with Gasteiger partial charge >= 0.3 is 0 Å². The molecule has 1 fully saturated rings. The molecule has 1 amide bonds. The third kappa shape index (κ3) is 3.33. The van der Waals surface area contributed by atoms with Gasteiger partial charge in [0.2, 0.25) is 5.91 Å². The summed E-state index contributed by atoms with van der Waals surface area (Å²) in [6, 6.07) is 8.35. The molecule has 5 heteroatoms. The average Bonchev–Trinajstić information content (AvgIpc) is 3.18. The zero-order chi connectivity index (χ0) is 15.7. The molecule has 0 aliphatic heterocycles. The van der Waals surface area contributed by atoms with Crippen molar-refractivity contribution in [1.82, 2.24) is 9.88 Å². The van der Waals surface area contributed by atoms with Crippen LogP contribution in [0.1, 0.15) is 32.4 Å². The Labute approximate surface area is 139 Å². The van der Waals surface area contributed by atoms with Crippen LogP contribution in [0.25, 0.3) is 10.6 Å². The zero-order valence-electron chi connectivity index (χ0n) is 12.8. The van der Waals surface area contributed by atoms with E-state index in [1.807, 2.05) is 34.5 Å². The maximum atomic E-state index is 12.5. The van der Waals surface area contributed by atoms with E-state index in [-0.39, 0.29) is 11.9 Å². The third-order valence-electron chi connectivity index (χ3n) is 3.77. The van der Waals surface area contributed by atoms with E-state index in [0.717, 1.165) is 29.1 Å². The Kier molecular flexibility index (Phi) is 4.50. The monoisotopic (exact) mass is 334 g/mol. The van der Waals surface area contributed by atoms with Crippen LogP contribution in [0.5, 0.6) is 0 Å². The van der Waals surface area contributed by atoms with Crippen molar-refractivity contribution in [3.63, 3.8) is 0 Å². The number of thiazole rings is 1. The van der Waals surface area contributed by atoms with Gasteiger partial charge in [0.25, 0.3) is 0 Å². The molecule has 0 bridgehead atoms. The lowest BCUT2D eigenvalue weighted by atomic mass is 10.2. The van der Waals surface area contributed by atoms with Crippen LogP contribution >= 0.6 is 22.9 Å². The average molecular weight is 335 g/mol. The fourth-order valence-electron chi connectivity index (χ4n) is 2.66. The third-order valence-corrected chi connectivity index (χ3v) is 5.03. The van der Waals surface area contributed by atoms with Crippen LogP contribution in [-0.4, -0.2) is 27.9 Å². The first-order valence-corrected chi connectivity index (χ1v) is 8.82. The van der Waals surface area contributed by atoms with Crippen molar-refractivity contribution in [3.8, 4) is 10.6 Å². The summed E-state index contributed by atoms with van der Waals surface area (Å²) in [4.78, 5) is 19.1. The molecule has 1 aromatic carbocycles. The van der Waals surface area contributed by atoms with Gasteiger partial charge in [-0.25, -0.2) is 4.98 Å². The van der Waals surface area contributed by atoms with Gasteiger partial charge in [-0.05, 0) is 32.8 Å². The minimum Gasteiger partial charge on any atom is -0.337 e. The molecule has 0 unspecified atom stereocenters. The highest BCUT2D eigenvalue weighted by molar-refractivity contribution is 7.13. The minimum absolute atomic E-state index is 0.175. The molecule has 1 aromatic heterocycles. The van der Waals surface area contributed by atoms with Gasteiger partial charge in [0.05, 0.1) is 17.1 Å². The number of carbonyl (C=O) groups excluding carboxylic acids is 1. The van der Waals surface area contributed by atoms with Crippen LogP contribution in [-0.2, 0) is 11.2 Å². The minimum atomic E-state index is 0.175. The molecule has 3 nitrogen and oxygen atoms in total. The molecule has 22 heavy (non-hydrogen) atoms. The van der Waals surface area contributed by atoms with E-state index in [0.29, 0.717) is 17.5 Å². The molecule has 3 rings (SSSR count). The van der Waals surface area contributed by atoms with E-state index in [1.165, 1.54) is 11.3 Å². The molecule has 0 radical (unpaired) electrons. The van der Waals surface area contributed by atoms with Crippen molar-refractivity contribution in [2.75, 3.05) is 0 Å². The molecule has 2 aromatic rings. The number of hydrogen-bond donors (Lipinski definition) is 0. The summed E-state index contributed by atoms with van der Waals surface area (Å²) in [6.45, 7) is 4.15. The number of nitrogens with zero attached hydrogens (tertiary/aromatic N) is 2. The highest BCUT2D eigenvalue weighted by atomic mass is 35.5. The topological polar surface area (TPSA) is 33.2 Å². The van der Waals surface area contributed by atoms with Gasteiger partial charge in [-0.2, -0.15) is 0 Å². The predicted octanol–water partition coefficient (Wildman–Crippen LogP) is 4.41. The summed E-state index contributed by atoms with van der Waals surface area (Å²) in [5.41, 5.74) is 1.76. The Morgan fingerprint density at radius 2 is 2.14 bits per heavy atom. The zero-order valence-corrected chi connectivity index (χ0v) is 14.3. The number of rotatable bonds is 5. The van der Waals surface area contributed by atoms with Gasteiger partial charge < -0.3 is 4.90 Å². The fourth-order valence-corrected chi connectivity index (χ4v) is 3.80. The van der Waals surface area contributed by atoms with Gasteiger partial charge in [0.1, 0.15) is 5.01 Å². The largest absolute Gasteiger partial charge is 0.337 e. The lowest BCUT2D eigenvalue weighted by molar-refractivity contribution is -0.132. The summed E-state index contributed by atoms with van der Waals surface area (Å²) in [5, 5.41) is 3.52. The second-order valence-electron chi connectivity index (χ2n) is 5.93. The Morgan fingerprint density at radius 3 is 2.77 bits per heavy atom. The molecule has 116 valence electrons. The van der Waals surface area contributed by atoms with Crippen LogP contribution in [0, 0.1) is 0 Å². The first kappa shape index (κ1) is 15.5. The second-order valence-corrected chi connectivity index (χ2v) is 7.19. The maximum Gasteiger partial charge on any atom is 0.229 e. The number of carbonyl (C=O) groups is 1. The van der Waals surface area contributed by atoms with Gasteiger partial charge in [0.15, 0.2) is 0 Å². The number of benzene rings is 1. The van der Waals surface area contributed by atoms with Crippen molar-refractivity contribution in [2.45, 2.75) is 45.2 Å². The smallest absolute Gasteiger partial charge is 0.229 e. The van der Waals surface area contributed by atoms with Crippen molar-refractivity contribution in [3.05, 3.63) is 40.4 Å². The van der Waals surface area contributed by atoms with E-state index >= 15 is 0 Å². The molecule has 0 atom stereocenters. The molecule has 0 spiro atoms. The van der Waals surface area contributed by atoms with Gasteiger partial charge in [-0.3, -0.25) is 4.79 Å². The molecule has 1 aliphatic carbocycles. The van der Waals surface area contributed by atoms with E-state index < -0.39 is 0 Å². The Balaban J connectivity index is 1.74. The molecule has 0 N–H and O–H groups in total. The SMILES string of the molecule is CC(C)N(C(=O)Cc1csc(-c2ccccc2Cl)n1)C1CC1. The Morgan fingerprint density at radius 1 is 1.41 bits per heavy atom. The molecule has 1 heterocycles. The van der Waals surface area contributed by atoms with Crippen molar-refractivity contribution >= 4 is 28.8 Å². The molecular weight excluding hydrogens is 316 g/mol. The van der Waals surface area contributed by atoms with Crippen LogP contribution in [0.2, 0.25) is 5.02 Å². The van der Waals surface area contributed by atoms with E-state index in [4.69, 9.17) is 11.6 Å². The van der Waals surface area contributed by atoms with E-state index in [2.05, 4.69) is 18.8 Å². The second kappa shape index (κ2) is 6.39. The van der Waals surface area contributed by atoms with Crippen LogP contribution in [0.3, 0.4) is 0 Å². The van der Waals surface area contributed by atoms with Gasteiger partial charge in [-0.1, -0.05) is 29.8 Å². The number of aromatic nitrogens is 1. The maximum absolute atomic E-state index is 12.5. The van der Waals surface area contributed by atoms with Crippen LogP contribution < -0.4 is 0 Å².